The summed E-state index contributed by atoms with van der Waals surface area (Å²) in [6.07, 6.45) is 4.28. The number of amides is 4. The first kappa shape index (κ1) is 21.2. The molecule has 4 amide bonds. The SMILES string of the molecule is O=C1CCC(N2C(=O)c3ccc(CNC4CCCOC45CCNCC5)cc3C2=O)C(=O)N1. The molecule has 1 aromatic carbocycles. The molecule has 4 heterocycles. The Morgan fingerprint density at radius 3 is 2.62 bits per heavy atom. The molecular formula is C23H28N4O5. The maximum Gasteiger partial charge on any atom is 0.262 e. The lowest BCUT2D eigenvalue weighted by molar-refractivity contribution is -0.136. The average molecular weight is 441 g/mol. The molecule has 9 nitrogen and oxygen atoms in total. The van der Waals surface area contributed by atoms with Crippen LogP contribution < -0.4 is 16.0 Å². The van der Waals surface area contributed by atoms with E-state index in [0.717, 1.165) is 55.8 Å². The quantitative estimate of drug-likeness (QED) is 0.583. The highest BCUT2D eigenvalue weighted by Crippen LogP contribution is 2.34. The van der Waals surface area contributed by atoms with Crippen molar-refractivity contribution >= 4 is 23.6 Å². The fourth-order valence-electron chi connectivity index (χ4n) is 5.43. The molecule has 5 rings (SSSR count). The number of carbonyl (C=O) groups is 4. The van der Waals surface area contributed by atoms with Crippen molar-refractivity contribution in [2.24, 2.45) is 0 Å². The highest BCUT2D eigenvalue weighted by atomic mass is 16.5. The van der Waals surface area contributed by atoms with Gasteiger partial charge in [-0.25, -0.2) is 0 Å². The van der Waals surface area contributed by atoms with Crippen molar-refractivity contribution in [3.05, 3.63) is 34.9 Å². The number of nitrogens with one attached hydrogen (secondary N) is 3. The molecule has 4 aliphatic rings. The fourth-order valence-corrected chi connectivity index (χ4v) is 5.43. The number of piperidine rings is 2. The Morgan fingerprint density at radius 1 is 1.06 bits per heavy atom. The van der Waals surface area contributed by atoms with Crippen molar-refractivity contribution in [1.82, 2.24) is 20.9 Å². The number of hydrogen-bond donors (Lipinski definition) is 3. The second kappa shape index (κ2) is 8.38. The molecule has 3 saturated heterocycles. The first-order chi connectivity index (χ1) is 15.5. The normalized spacial score (nSPS) is 27.6. The predicted molar refractivity (Wildman–Crippen MR) is 114 cm³/mol. The van der Waals surface area contributed by atoms with E-state index in [-0.39, 0.29) is 30.4 Å². The number of imide groups is 2. The van der Waals surface area contributed by atoms with Gasteiger partial charge < -0.3 is 15.4 Å². The van der Waals surface area contributed by atoms with Gasteiger partial charge in [-0.15, -0.1) is 0 Å². The zero-order valence-electron chi connectivity index (χ0n) is 17.9. The minimum Gasteiger partial charge on any atom is -0.373 e. The molecule has 32 heavy (non-hydrogen) atoms. The summed E-state index contributed by atoms with van der Waals surface area (Å²) in [5.41, 5.74) is 1.38. The molecule has 0 aliphatic carbocycles. The monoisotopic (exact) mass is 440 g/mol. The van der Waals surface area contributed by atoms with Gasteiger partial charge in [0.05, 0.1) is 16.7 Å². The van der Waals surface area contributed by atoms with Crippen LogP contribution in [0, 0.1) is 0 Å². The zero-order chi connectivity index (χ0) is 22.3. The van der Waals surface area contributed by atoms with Crippen molar-refractivity contribution in [1.29, 1.82) is 0 Å². The summed E-state index contributed by atoms with van der Waals surface area (Å²) in [5, 5.41) is 9.25. The first-order valence-corrected chi connectivity index (χ1v) is 11.4. The number of benzene rings is 1. The van der Waals surface area contributed by atoms with Crippen molar-refractivity contribution in [3.8, 4) is 0 Å². The van der Waals surface area contributed by atoms with Crippen LogP contribution in [0.4, 0.5) is 0 Å². The van der Waals surface area contributed by atoms with Gasteiger partial charge in [0, 0.05) is 25.6 Å². The van der Waals surface area contributed by atoms with Crippen LogP contribution in [-0.4, -0.2) is 65.9 Å². The van der Waals surface area contributed by atoms with E-state index in [1.165, 1.54) is 0 Å². The van der Waals surface area contributed by atoms with Crippen molar-refractivity contribution in [3.63, 3.8) is 0 Å². The third kappa shape index (κ3) is 3.64. The highest BCUT2D eigenvalue weighted by molar-refractivity contribution is 6.23. The Morgan fingerprint density at radius 2 is 1.84 bits per heavy atom. The molecule has 9 heteroatoms. The lowest BCUT2D eigenvalue weighted by atomic mass is 9.80. The summed E-state index contributed by atoms with van der Waals surface area (Å²) in [6, 6.07) is 4.55. The van der Waals surface area contributed by atoms with E-state index < -0.39 is 23.8 Å². The van der Waals surface area contributed by atoms with E-state index in [0.29, 0.717) is 17.7 Å². The summed E-state index contributed by atoms with van der Waals surface area (Å²) in [6.45, 7) is 3.26. The van der Waals surface area contributed by atoms with Crippen LogP contribution in [0.5, 0.6) is 0 Å². The van der Waals surface area contributed by atoms with E-state index in [4.69, 9.17) is 4.74 Å². The van der Waals surface area contributed by atoms with Crippen LogP contribution in [0.3, 0.4) is 0 Å². The predicted octanol–water partition coefficient (Wildman–Crippen LogP) is 0.479. The van der Waals surface area contributed by atoms with Crippen LogP contribution in [0.2, 0.25) is 0 Å². The summed E-state index contributed by atoms with van der Waals surface area (Å²) in [4.78, 5) is 50.5. The van der Waals surface area contributed by atoms with Gasteiger partial charge >= 0.3 is 0 Å². The number of carbonyl (C=O) groups excluding carboxylic acids is 4. The minimum absolute atomic E-state index is 0.111. The minimum atomic E-state index is -0.944. The third-order valence-corrected chi connectivity index (χ3v) is 7.17. The largest absolute Gasteiger partial charge is 0.373 e. The molecule has 1 spiro atoms. The number of fused-ring (bicyclic) bond motifs is 1. The summed E-state index contributed by atoms with van der Waals surface area (Å²) in [7, 11) is 0. The molecule has 0 saturated carbocycles. The molecule has 170 valence electrons. The lowest BCUT2D eigenvalue weighted by Gasteiger charge is -2.47. The fraction of sp³-hybridized carbons (Fsp3) is 0.565. The standard InChI is InChI=1S/C23H28N4O5/c28-19-6-5-17(20(29)26-19)27-21(30)15-4-3-14(12-16(15)22(27)31)13-25-18-2-1-11-32-23(18)7-9-24-10-8-23/h3-4,12,17-18,24-25H,1-2,5-11,13H2,(H,26,28,29). The van der Waals surface area contributed by atoms with Gasteiger partial charge in [-0.05, 0) is 62.9 Å². The van der Waals surface area contributed by atoms with Crippen molar-refractivity contribution < 1.29 is 23.9 Å². The van der Waals surface area contributed by atoms with Gasteiger partial charge in [-0.2, -0.15) is 0 Å². The number of ether oxygens (including phenoxy) is 1. The van der Waals surface area contributed by atoms with Crippen LogP contribution >= 0.6 is 0 Å². The summed E-state index contributed by atoms with van der Waals surface area (Å²) < 4.78 is 6.24. The number of hydrogen-bond acceptors (Lipinski definition) is 7. The Hall–Kier alpha value is -2.62. The topological polar surface area (TPSA) is 117 Å². The van der Waals surface area contributed by atoms with E-state index in [1.54, 1.807) is 12.1 Å². The Bertz CT molecular complexity index is 963. The molecule has 3 fully saturated rings. The molecule has 3 N–H and O–H groups in total. The second-order valence-corrected chi connectivity index (χ2v) is 9.07. The van der Waals surface area contributed by atoms with E-state index in [1.807, 2.05) is 6.07 Å². The van der Waals surface area contributed by atoms with Gasteiger partial charge in [0.25, 0.3) is 11.8 Å². The van der Waals surface area contributed by atoms with Crippen molar-refractivity contribution in [2.45, 2.75) is 62.8 Å². The van der Waals surface area contributed by atoms with Gasteiger partial charge in [0.2, 0.25) is 11.8 Å². The van der Waals surface area contributed by atoms with Gasteiger partial charge in [0.1, 0.15) is 6.04 Å². The number of nitrogens with zero attached hydrogens (tertiary/aromatic N) is 1. The molecule has 1 aromatic rings. The van der Waals surface area contributed by atoms with E-state index in [2.05, 4.69) is 16.0 Å². The first-order valence-electron chi connectivity index (χ1n) is 11.4. The third-order valence-electron chi connectivity index (χ3n) is 7.17. The Labute approximate surface area is 186 Å². The average Bonchev–Trinajstić information content (AvgIpc) is 3.04. The van der Waals surface area contributed by atoms with Crippen LogP contribution in [-0.2, 0) is 20.9 Å². The molecular weight excluding hydrogens is 412 g/mol. The molecule has 4 aliphatic heterocycles. The van der Waals surface area contributed by atoms with E-state index >= 15 is 0 Å². The smallest absolute Gasteiger partial charge is 0.262 e. The summed E-state index contributed by atoms with van der Waals surface area (Å²) >= 11 is 0. The van der Waals surface area contributed by atoms with E-state index in [9.17, 15) is 19.2 Å². The highest BCUT2D eigenvalue weighted by Gasteiger charge is 2.45. The molecule has 0 radical (unpaired) electrons. The van der Waals surface area contributed by atoms with Crippen LogP contribution in [0.15, 0.2) is 18.2 Å². The van der Waals surface area contributed by atoms with Gasteiger partial charge in [-0.1, -0.05) is 6.07 Å². The molecule has 2 atom stereocenters. The lowest BCUT2D eigenvalue weighted by Crippen LogP contribution is -2.59. The maximum absolute atomic E-state index is 13.0. The molecule has 2 unspecified atom stereocenters. The second-order valence-electron chi connectivity index (χ2n) is 9.07. The van der Waals surface area contributed by atoms with Crippen molar-refractivity contribution in [2.75, 3.05) is 19.7 Å². The Balaban J connectivity index is 1.30. The zero-order valence-corrected chi connectivity index (χ0v) is 17.9. The maximum atomic E-state index is 13.0. The van der Waals surface area contributed by atoms with Gasteiger partial charge in [0.15, 0.2) is 0 Å². The van der Waals surface area contributed by atoms with Gasteiger partial charge in [-0.3, -0.25) is 29.4 Å². The molecule has 0 aromatic heterocycles. The number of rotatable bonds is 4. The Kier molecular flexibility index (Phi) is 5.56. The van der Waals surface area contributed by atoms with Crippen LogP contribution in [0.1, 0.15) is 64.8 Å². The summed E-state index contributed by atoms with van der Waals surface area (Å²) in [5.74, 6) is -1.93. The van der Waals surface area contributed by atoms with Crippen LogP contribution in [0.25, 0.3) is 0 Å². The molecule has 0 bridgehead atoms.